The van der Waals surface area contributed by atoms with Gasteiger partial charge in [-0.3, -0.25) is 9.59 Å². The van der Waals surface area contributed by atoms with Crippen LogP contribution in [0.4, 0.5) is 0 Å². The summed E-state index contributed by atoms with van der Waals surface area (Å²) < 4.78 is 11.5. The van der Waals surface area contributed by atoms with Crippen molar-refractivity contribution in [1.29, 1.82) is 0 Å². The first-order valence-corrected chi connectivity index (χ1v) is 12.2. The van der Waals surface area contributed by atoms with E-state index in [0.717, 1.165) is 37.9 Å². The second-order valence-corrected chi connectivity index (χ2v) is 9.45. The van der Waals surface area contributed by atoms with Gasteiger partial charge in [0, 0.05) is 43.8 Å². The number of carbonyl (C=O) groups excluding carboxylic acids is 2. The Balaban J connectivity index is 1.16. The third-order valence-corrected chi connectivity index (χ3v) is 6.86. The summed E-state index contributed by atoms with van der Waals surface area (Å²) in [5, 5.41) is 3.00. The summed E-state index contributed by atoms with van der Waals surface area (Å²) in [5.74, 6) is 0.950. The van der Waals surface area contributed by atoms with Gasteiger partial charge in [-0.15, -0.1) is 0 Å². The number of aromatic nitrogens is 1. The van der Waals surface area contributed by atoms with Crippen LogP contribution in [0.1, 0.15) is 48.0 Å². The Morgan fingerprint density at radius 2 is 1.88 bits per heavy atom. The van der Waals surface area contributed by atoms with Crippen molar-refractivity contribution < 1.29 is 18.7 Å². The lowest BCUT2D eigenvalue weighted by atomic mass is 9.92. The van der Waals surface area contributed by atoms with E-state index in [1.807, 2.05) is 48.2 Å². The number of oxazole rings is 1. The summed E-state index contributed by atoms with van der Waals surface area (Å²) >= 11 is 0. The Labute approximate surface area is 199 Å². The molecule has 0 radical (unpaired) electrons. The van der Waals surface area contributed by atoms with Gasteiger partial charge in [0.05, 0.1) is 6.10 Å². The fourth-order valence-electron chi connectivity index (χ4n) is 4.77. The number of piperidine rings is 1. The van der Waals surface area contributed by atoms with Crippen molar-refractivity contribution in [3.8, 4) is 11.5 Å². The molecule has 0 aliphatic carbocycles. The molecule has 3 heterocycles. The van der Waals surface area contributed by atoms with Crippen LogP contribution < -0.4 is 5.32 Å². The quantitative estimate of drug-likeness (QED) is 0.590. The molecule has 3 aromatic rings. The molecule has 2 aromatic carbocycles. The van der Waals surface area contributed by atoms with Crippen LogP contribution in [0.15, 0.2) is 46.9 Å². The van der Waals surface area contributed by atoms with Gasteiger partial charge in [-0.2, -0.15) is 0 Å². The van der Waals surface area contributed by atoms with Gasteiger partial charge >= 0.3 is 0 Å². The highest BCUT2D eigenvalue weighted by molar-refractivity contribution is 5.97. The standard InChI is InChI=1S/C27H31N3O4/c1-18-4-6-20(7-5-18)26-29-23-16-21(8-9-24(23)34-26)27(32)30-12-10-19(11-13-30)15-25(31)28-17-22-3-2-14-33-22/h4-9,16,19,22H,2-3,10-15,17H2,1H3,(H,28,31)/t22-/m0/s1. The van der Waals surface area contributed by atoms with Crippen LogP contribution in [0.25, 0.3) is 22.6 Å². The van der Waals surface area contributed by atoms with Crippen LogP contribution in [0.5, 0.6) is 0 Å². The van der Waals surface area contributed by atoms with E-state index in [1.54, 1.807) is 6.07 Å². The number of nitrogens with zero attached hydrogens (tertiary/aromatic N) is 2. The molecule has 0 saturated carbocycles. The van der Waals surface area contributed by atoms with Gasteiger partial charge < -0.3 is 19.4 Å². The van der Waals surface area contributed by atoms with E-state index in [9.17, 15) is 9.59 Å². The molecule has 0 spiro atoms. The highest BCUT2D eigenvalue weighted by Crippen LogP contribution is 2.27. The summed E-state index contributed by atoms with van der Waals surface area (Å²) in [4.78, 5) is 31.9. The molecule has 7 nitrogen and oxygen atoms in total. The number of benzene rings is 2. The van der Waals surface area contributed by atoms with Crippen molar-refractivity contribution in [1.82, 2.24) is 15.2 Å². The molecule has 2 saturated heterocycles. The third-order valence-electron chi connectivity index (χ3n) is 6.86. The zero-order valence-electron chi connectivity index (χ0n) is 19.6. The molecule has 2 amide bonds. The van der Waals surface area contributed by atoms with Gasteiger partial charge in [0.25, 0.3) is 5.91 Å². The number of hydrogen-bond donors (Lipinski definition) is 1. The molecular formula is C27H31N3O4. The van der Waals surface area contributed by atoms with E-state index in [1.165, 1.54) is 5.56 Å². The maximum absolute atomic E-state index is 13.1. The number of carbonyl (C=O) groups is 2. The van der Waals surface area contributed by atoms with Gasteiger partial charge in [-0.25, -0.2) is 4.98 Å². The van der Waals surface area contributed by atoms with Crippen LogP contribution in [0.2, 0.25) is 0 Å². The topological polar surface area (TPSA) is 84.7 Å². The fourth-order valence-corrected chi connectivity index (χ4v) is 4.77. The van der Waals surface area contributed by atoms with Crippen molar-refractivity contribution in [2.24, 2.45) is 5.92 Å². The van der Waals surface area contributed by atoms with E-state index >= 15 is 0 Å². The minimum atomic E-state index is 0.00284. The minimum absolute atomic E-state index is 0.00284. The highest BCUT2D eigenvalue weighted by atomic mass is 16.5. The third kappa shape index (κ3) is 5.14. The Hall–Kier alpha value is -3.19. The minimum Gasteiger partial charge on any atom is -0.436 e. The molecule has 0 bridgehead atoms. The molecular weight excluding hydrogens is 430 g/mol. The number of nitrogens with one attached hydrogen (secondary N) is 1. The van der Waals surface area contributed by atoms with Crippen molar-refractivity contribution in [3.63, 3.8) is 0 Å². The van der Waals surface area contributed by atoms with Crippen molar-refractivity contribution >= 4 is 22.9 Å². The number of hydrogen-bond acceptors (Lipinski definition) is 5. The Bertz CT molecular complexity index is 1160. The molecule has 178 valence electrons. The van der Waals surface area contributed by atoms with Gasteiger partial charge in [0.2, 0.25) is 11.8 Å². The number of amides is 2. The molecule has 1 atom stereocenters. The van der Waals surface area contributed by atoms with E-state index < -0.39 is 0 Å². The fraction of sp³-hybridized carbons (Fsp3) is 0.444. The molecule has 5 rings (SSSR count). The normalized spacial score (nSPS) is 19.0. The maximum atomic E-state index is 13.1. The molecule has 34 heavy (non-hydrogen) atoms. The largest absolute Gasteiger partial charge is 0.436 e. The lowest BCUT2D eigenvalue weighted by molar-refractivity contribution is -0.122. The van der Waals surface area contributed by atoms with E-state index in [0.29, 0.717) is 54.5 Å². The number of likely N-dealkylation sites (tertiary alicyclic amines) is 1. The number of ether oxygens (including phenoxy) is 1. The maximum Gasteiger partial charge on any atom is 0.253 e. The first-order valence-electron chi connectivity index (χ1n) is 12.2. The van der Waals surface area contributed by atoms with Crippen LogP contribution in [0.3, 0.4) is 0 Å². The SMILES string of the molecule is Cc1ccc(-c2nc3cc(C(=O)N4CCC(CC(=O)NC[C@@H]5CCCO5)CC4)ccc3o2)cc1. The summed E-state index contributed by atoms with van der Waals surface area (Å²) in [6.45, 7) is 4.76. The lowest BCUT2D eigenvalue weighted by Gasteiger charge is -2.32. The van der Waals surface area contributed by atoms with Crippen molar-refractivity contribution in [3.05, 3.63) is 53.6 Å². The predicted octanol–water partition coefficient (Wildman–Crippen LogP) is 4.34. The number of rotatable bonds is 6. The van der Waals surface area contributed by atoms with Gasteiger partial charge in [-0.05, 0) is 68.9 Å². The average Bonchev–Trinajstić information content (AvgIpc) is 3.53. The molecule has 1 N–H and O–H groups in total. The van der Waals surface area contributed by atoms with Crippen molar-refractivity contribution in [2.75, 3.05) is 26.2 Å². The zero-order valence-corrected chi connectivity index (χ0v) is 19.6. The lowest BCUT2D eigenvalue weighted by Crippen LogP contribution is -2.40. The molecule has 7 heteroatoms. The molecule has 2 aliphatic rings. The molecule has 1 aromatic heterocycles. The van der Waals surface area contributed by atoms with E-state index in [2.05, 4.69) is 10.3 Å². The predicted molar refractivity (Wildman–Crippen MR) is 129 cm³/mol. The summed E-state index contributed by atoms with van der Waals surface area (Å²) in [5.41, 5.74) is 4.05. The number of aryl methyl sites for hydroxylation is 1. The summed E-state index contributed by atoms with van der Waals surface area (Å²) in [7, 11) is 0. The Morgan fingerprint density at radius 1 is 1.09 bits per heavy atom. The van der Waals surface area contributed by atoms with E-state index in [4.69, 9.17) is 9.15 Å². The zero-order chi connectivity index (χ0) is 23.5. The van der Waals surface area contributed by atoms with Crippen LogP contribution in [-0.4, -0.2) is 54.0 Å². The monoisotopic (exact) mass is 461 g/mol. The van der Waals surface area contributed by atoms with Crippen LogP contribution >= 0.6 is 0 Å². The van der Waals surface area contributed by atoms with Gasteiger partial charge in [-0.1, -0.05) is 17.7 Å². The average molecular weight is 462 g/mol. The van der Waals surface area contributed by atoms with Gasteiger partial charge in [0.1, 0.15) is 5.52 Å². The first kappa shape index (κ1) is 22.6. The second kappa shape index (κ2) is 9.97. The second-order valence-electron chi connectivity index (χ2n) is 9.45. The smallest absolute Gasteiger partial charge is 0.253 e. The summed E-state index contributed by atoms with van der Waals surface area (Å²) in [6.07, 6.45) is 4.45. The Morgan fingerprint density at radius 3 is 2.62 bits per heavy atom. The van der Waals surface area contributed by atoms with Crippen LogP contribution in [0, 0.1) is 12.8 Å². The first-order chi connectivity index (χ1) is 16.5. The van der Waals surface area contributed by atoms with E-state index in [-0.39, 0.29) is 17.9 Å². The molecule has 2 fully saturated rings. The van der Waals surface area contributed by atoms with Gasteiger partial charge in [0.15, 0.2) is 5.58 Å². The number of fused-ring (bicyclic) bond motifs is 1. The Kier molecular flexibility index (Phi) is 6.63. The van der Waals surface area contributed by atoms with Crippen LogP contribution in [-0.2, 0) is 9.53 Å². The highest BCUT2D eigenvalue weighted by Gasteiger charge is 2.26. The molecule has 0 unspecified atom stereocenters. The summed E-state index contributed by atoms with van der Waals surface area (Å²) in [6, 6.07) is 13.5. The molecule has 2 aliphatic heterocycles. The van der Waals surface area contributed by atoms with Crippen molar-refractivity contribution in [2.45, 2.75) is 45.1 Å².